The minimum atomic E-state index is -0.980. The molecule has 0 saturated carbocycles. The van der Waals surface area contributed by atoms with Crippen LogP contribution in [0.5, 0.6) is 5.75 Å². The molecule has 12 heteroatoms. The highest BCUT2D eigenvalue weighted by atomic mass is 35.5. The molecule has 0 bridgehead atoms. The van der Waals surface area contributed by atoms with Crippen LogP contribution in [0.1, 0.15) is 5.56 Å². The number of non-ortho nitro benzene ring substituents is 1. The fraction of sp³-hybridized carbons (Fsp3) is 0. The third kappa shape index (κ3) is 4.09. The van der Waals surface area contributed by atoms with Crippen LogP contribution in [0.25, 0.3) is 22.6 Å². The fourth-order valence-electron chi connectivity index (χ4n) is 2.88. The van der Waals surface area contributed by atoms with E-state index in [1.165, 1.54) is 0 Å². The summed E-state index contributed by atoms with van der Waals surface area (Å²) >= 11 is 12.1. The molecule has 1 aromatic heterocycles. The first kappa shape index (κ1) is 21.2. The predicted octanol–water partition coefficient (Wildman–Crippen LogP) is 5.44. The number of aromatic nitrogens is 1. The molecule has 0 amide bonds. The number of aliphatic imine (C=N–C) groups is 1. The standard InChI is InChI=1S/C20H10Cl2N4O6/c21-11-1-3-14(15(22)6-11)20-24-16-7-12(2-4-18(16)32-20)23-9-10-5-13(25(28)29)8-17(19(10)27)26(30)31/h1-9,27H/p-1. The Hall–Kier alpha value is -4.02. The molecule has 0 aliphatic carbocycles. The number of rotatable bonds is 5. The Labute approximate surface area is 188 Å². The summed E-state index contributed by atoms with van der Waals surface area (Å²) in [5, 5.41) is 35.1. The number of oxazole rings is 1. The second kappa shape index (κ2) is 8.25. The van der Waals surface area contributed by atoms with Crippen molar-refractivity contribution < 1.29 is 19.4 Å². The van der Waals surface area contributed by atoms with Crippen LogP contribution in [-0.4, -0.2) is 21.0 Å². The van der Waals surface area contributed by atoms with E-state index in [1.807, 2.05) is 0 Å². The van der Waals surface area contributed by atoms with Gasteiger partial charge in [0.1, 0.15) is 5.52 Å². The van der Waals surface area contributed by atoms with Gasteiger partial charge in [0.2, 0.25) is 5.89 Å². The van der Waals surface area contributed by atoms with E-state index in [0.29, 0.717) is 38.5 Å². The van der Waals surface area contributed by atoms with Crippen LogP contribution < -0.4 is 5.11 Å². The average Bonchev–Trinajstić information content (AvgIpc) is 3.15. The van der Waals surface area contributed by atoms with Gasteiger partial charge in [-0.1, -0.05) is 23.2 Å². The van der Waals surface area contributed by atoms with Gasteiger partial charge in [-0.05, 0) is 47.7 Å². The van der Waals surface area contributed by atoms with E-state index in [9.17, 15) is 25.3 Å². The number of halogens is 2. The molecule has 160 valence electrons. The Kier molecular flexibility index (Phi) is 5.47. The maximum atomic E-state index is 12.2. The zero-order chi connectivity index (χ0) is 23.0. The first-order valence-electron chi connectivity index (χ1n) is 8.77. The smallest absolute Gasteiger partial charge is 0.276 e. The number of nitro groups is 2. The molecule has 1 heterocycles. The second-order valence-corrected chi connectivity index (χ2v) is 7.29. The third-order valence-electron chi connectivity index (χ3n) is 4.38. The summed E-state index contributed by atoms with van der Waals surface area (Å²) in [6, 6.07) is 11.1. The second-order valence-electron chi connectivity index (χ2n) is 6.45. The topological polar surface area (TPSA) is 148 Å². The molecular formula is C20H9Cl2N4O6-. The molecule has 0 radical (unpaired) electrons. The monoisotopic (exact) mass is 471 g/mol. The van der Waals surface area contributed by atoms with Crippen molar-refractivity contribution in [1.29, 1.82) is 0 Å². The number of nitrogens with zero attached hydrogens (tertiary/aromatic N) is 4. The molecule has 0 atom stereocenters. The van der Waals surface area contributed by atoms with E-state index < -0.39 is 27.0 Å². The zero-order valence-electron chi connectivity index (χ0n) is 15.7. The van der Waals surface area contributed by atoms with Gasteiger partial charge in [0.15, 0.2) is 5.58 Å². The van der Waals surface area contributed by atoms with Gasteiger partial charge in [-0.25, -0.2) is 4.98 Å². The van der Waals surface area contributed by atoms with Crippen LogP contribution in [0.4, 0.5) is 17.1 Å². The fourth-order valence-corrected chi connectivity index (χ4v) is 3.36. The number of nitro benzene ring substituents is 2. The van der Waals surface area contributed by atoms with Gasteiger partial charge >= 0.3 is 0 Å². The molecule has 32 heavy (non-hydrogen) atoms. The lowest BCUT2D eigenvalue weighted by atomic mass is 10.1. The summed E-state index contributed by atoms with van der Waals surface area (Å²) in [6.45, 7) is 0. The van der Waals surface area contributed by atoms with Crippen molar-refractivity contribution in [3.05, 3.63) is 84.4 Å². The molecule has 0 fully saturated rings. The number of fused-ring (bicyclic) bond motifs is 1. The highest BCUT2D eigenvalue weighted by Gasteiger charge is 2.18. The minimum absolute atomic E-state index is 0.263. The normalized spacial score (nSPS) is 11.3. The van der Waals surface area contributed by atoms with Gasteiger partial charge in [-0.3, -0.25) is 25.2 Å². The van der Waals surface area contributed by atoms with Crippen molar-refractivity contribution in [2.45, 2.75) is 0 Å². The molecular weight excluding hydrogens is 463 g/mol. The Morgan fingerprint density at radius 2 is 1.78 bits per heavy atom. The summed E-state index contributed by atoms with van der Waals surface area (Å²) in [7, 11) is 0. The van der Waals surface area contributed by atoms with E-state index in [2.05, 4.69) is 9.98 Å². The van der Waals surface area contributed by atoms with Crippen LogP contribution >= 0.6 is 23.2 Å². The Morgan fingerprint density at radius 3 is 2.47 bits per heavy atom. The summed E-state index contributed by atoms with van der Waals surface area (Å²) < 4.78 is 5.71. The first-order valence-corrected chi connectivity index (χ1v) is 9.52. The molecule has 10 nitrogen and oxygen atoms in total. The molecule has 4 aromatic rings. The van der Waals surface area contributed by atoms with Crippen molar-refractivity contribution in [3.8, 4) is 17.2 Å². The van der Waals surface area contributed by atoms with Gasteiger partial charge in [0.25, 0.3) is 11.4 Å². The predicted molar refractivity (Wildman–Crippen MR) is 116 cm³/mol. The Morgan fingerprint density at radius 1 is 1.00 bits per heavy atom. The lowest BCUT2D eigenvalue weighted by molar-refractivity contribution is -0.403. The molecule has 0 unspecified atom stereocenters. The number of benzene rings is 3. The molecule has 4 rings (SSSR count). The first-order chi connectivity index (χ1) is 15.2. The Balaban J connectivity index is 1.71. The van der Waals surface area contributed by atoms with Gasteiger partial charge in [-0.15, -0.1) is 0 Å². The summed E-state index contributed by atoms with van der Waals surface area (Å²) in [6.07, 6.45) is 1.03. The summed E-state index contributed by atoms with van der Waals surface area (Å²) in [5.74, 6) is -0.717. The largest absolute Gasteiger partial charge is 0.867 e. The van der Waals surface area contributed by atoms with Gasteiger partial charge in [0.05, 0.1) is 32.2 Å². The number of hydrogen-bond donors (Lipinski definition) is 0. The van der Waals surface area contributed by atoms with Crippen LogP contribution in [0, 0.1) is 20.2 Å². The Bertz CT molecular complexity index is 1430. The highest BCUT2D eigenvalue weighted by molar-refractivity contribution is 6.36. The summed E-state index contributed by atoms with van der Waals surface area (Å²) in [5.41, 5.74) is -0.0232. The van der Waals surface area contributed by atoms with Crippen molar-refractivity contribution in [1.82, 2.24) is 4.98 Å². The van der Waals surface area contributed by atoms with Crippen molar-refractivity contribution in [2.24, 2.45) is 4.99 Å². The SMILES string of the molecule is O=[N+]([O-])c1cc(C=Nc2ccc3oc(-c4ccc(Cl)cc4Cl)nc3c2)c([O-])c([N+](=O)[O-])c1. The molecule has 0 saturated heterocycles. The highest BCUT2D eigenvalue weighted by Crippen LogP contribution is 2.34. The van der Waals surface area contributed by atoms with Crippen LogP contribution in [0.3, 0.4) is 0 Å². The number of hydrogen-bond acceptors (Lipinski definition) is 8. The average molecular weight is 472 g/mol. The van der Waals surface area contributed by atoms with Gasteiger partial charge < -0.3 is 9.52 Å². The van der Waals surface area contributed by atoms with E-state index >= 15 is 0 Å². The van der Waals surface area contributed by atoms with Gasteiger partial charge in [0, 0.05) is 17.3 Å². The van der Waals surface area contributed by atoms with E-state index in [0.717, 1.165) is 12.3 Å². The minimum Gasteiger partial charge on any atom is -0.867 e. The maximum absolute atomic E-state index is 12.2. The third-order valence-corrected chi connectivity index (χ3v) is 4.92. The lowest BCUT2D eigenvalue weighted by Gasteiger charge is -2.10. The van der Waals surface area contributed by atoms with Crippen molar-refractivity contribution in [3.63, 3.8) is 0 Å². The molecule has 3 aromatic carbocycles. The van der Waals surface area contributed by atoms with Crippen molar-refractivity contribution >= 4 is 57.6 Å². The van der Waals surface area contributed by atoms with Gasteiger partial charge in [-0.2, -0.15) is 0 Å². The summed E-state index contributed by atoms with van der Waals surface area (Å²) in [4.78, 5) is 28.7. The van der Waals surface area contributed by atoms with E-state index in [4.69, 9.17) is 27.6 Å². The van der Waals surface area contributed by atoms with Crippen LogP contribution in [0.2, 0.25) is 10.0 Å². The van der Waals surface area contributed by atoms with Crippen molar-refractivity contribution in [2.75, 3.05) is 0 Å². The zero-order valence-corrected chi connectivity index (χ0v) is 17.2. The molecule has 0 spiro atoms. The van der Waals surface area contributed by atoms with E-state index in [-0.39, 0.29) is 11.5 Å². The molecule has 0 aliphatic heterocycles. The van der Waals surface area contributed by atoms with Crippen LogP contribution in [-0.2, 0) is 0 Å². The maximum Gasteiger partial charge on any atom is 0.276 e. The quantitative estimate of drug-likeness (QED) is 0.213. The molecule has 0 aliphatic rings. The molecule has 0 N–H and O–H groups in total. The van der Waals surface area contributed by atoms with E-state index in [1.54, 1.807) is 36.4 Å². The lowest BCUT2D eigenvalue weighted by Crippen LogP contribution is -2.03. The van der Waals surface area contributed by atoms with Crippen LogP contribution in [0.15, 0.2) is 57.9 Å².